The summed E-state index contributed by atoms with van der Waals surface area (Å²) in [6.45, 7) is 2.79. The molecule has 1 aliphatic heterocycles. The summed E-state index contributed by atoms with van der Waals surface area (Å²) < 4.78 is 43.1. The van der Waals surface area contributed by atoms with E-state index in [2.05, 4.69) is 0 Å². The zero-order chi connectivity index (χ0) is 20.4. The summed E-state index contributed by atoms with van der Waals surface area (Å²) in [4.78, 5) is 13.7. The van der Waals surface area contributed by atoms with Gasteiger partial charge in [0, 0.05) is 6.54 Å². The van der Waals surface area contributed by atoms with Gasteiger partial charge in [0.2, 0.25) is 5.91 Å². The molecule has 3 atom stereocenters. The predicted octanol–water partition coefficient (Wildman–Crippen LogP) is 1.60. The lowest BCUT2D eigenvalue weighted by Crippen LogP contribution is -2.59. The van der Waals surface area contributed by atoms with E-state index in [0.717, 1.165) is 4.90 Å². The molecule has 0 saturated carbocycles. The van der Waals surface area contributed by atoms with Crippen LogP contribution in [0.1, 0.15) is 25.8 Å². The summed E-state index contributed by atoms with van der Waals surface area (Å²) >= 11 is 0. The van der Waals surface area contributed by atoms with Crippen molar-refractivity contribution in [2.75, 3.05) is 13.7 Å². The van der Waals surface area contributed by atoms with Gasteiger partial charge in [-0.05, 0) is 38.0 Å². The highest BCUT2D eigenvalue weighted by molar-refractivity contribution is 7.92. The van der Waals surface area contributed by atoms with Gasteiger partial charge in [0.25, 0.3) is 0 Å². The molecule has 2 rings (SSSR count). The second kappa shape index (κ2) is 9.07. The number of carbonyl (C=O) groups excluding carboxylic acids is 1. The van der Waals surface area contributed by atoms with E-state index in [1.807, 2.05) is 0 Å². The van der Waals surface area contributed by atoms with Crippen molar-refractivity contribution < 1.29 is 22.3 Å². The average Bonchev–Trinajstić information content (AvgIpc) is 3.01. The molecule has 1 aromatic rings. The van der Waals surface area contributed by atoms with Crippen LogP contribution in [0.15, 0.2) is 24.3 Å². The van der Waals surface area contributed by atoms with Crippen molar-refractivity contribution in [1.29, 1.82) is 5.26 Å². The molecule has 0 unspecified atom stereocenters. The molecule has 1 amide bonds. The highest BCUT2D eigenvalue weighted by Crippen LogP contribution is 2.29. The number of rotatable bonds is 6. The molecule has 10 heteroatoms. The third kappa shape index (κ3) is 4.57. The Balaban J connectivity index is 0.00000392. The number of methoxy groups -OCH3 is 1. The minimum Gasteiger partial charge on any atom is -0.497 e. The molecule has 0 bridgehead atoms. The van der Waals surface area contributed by atoms with Crippen molar-refractivity contribution in [3.63, 3.8) is 0 Å². The highest BCUT2D eigenvalue weighted by Gasteiger charge is 2.48. The maximum atomic E-state index is 13.8. The third-order valence-electron chi connectivity index (χ3n) is 5.07. The Bertz CT molecular complexity index is 839. The number of nitrogens with two attached hydrogens (primary N) is 1. The number of halogens is 2. The van der Waals surface area contributed by atoms with Crippen LogP contribution < -0.4 is 10.5 Å². The molecule has 1 fully saturated rings. The summed E-state index contributed by atoms with van der Waals surface area (Å²) in [7, 11) is -2.33. The van der Waals surface area contributed by atoms with Gasteiger partial charge in [-0.25, -0.2) is 12.8 Å². The molecule has 156 valence electrons. The lowest BCUT2D eigenvalue weighted by atomic mass is 10.0. The minimum atomic E-state index is -3.83. The SMILES string of the molecule is COc1ccc(CS(=O)(=O)C(C)(C)[C@H](N)C(=O)N2CC[C@H](F)[C@@H]2C#N)cc1.Cl. The molecule has 1 aliphatic rings. The van der Waals surface area contributed by atoms with E-state index < -0.39 is 38.7 Å². The van der Waals surface area contributed by atoms with Crippen LogP contribution in [0.5, 0.6) is 5.75 Å². The number of likely N-dealkylation sites (tertiary alicyclic amines) is 1. The standard InChI is InChI=1S/C18H24FN3O4S.ClH/c1-18(2,16(21)17(23)22-9-8-14(19)15(22)10-20)27(24,25)11-12-4-6-13(26-3)7-5-12;/h4-7,14-16H,8-9,11,21H2,1-3H3;1H/t14-,15-,16+;/m0./s1. The summed E-state index contributed by atoms with van der Waals surface area (Å²) in [5.74, 6) is -0.442. The molecule has 7 nitrogen and oxygen atoms in total. The van der Waals surface area contributed by atoms with Crippen molar-refractivity contribution in [2.45, 2.75) is 49.0 Å². The lowest BCUT2D eigenvalue weighted by Gasteiger charge is -2.33. The van der Waals surface area contributed by atoms with E-state index in [0.29, 0.717) is 11.3 Å². The Labute approximate surface area is 171 Å². The van der Waals surface area contributed by atoms with Gasteiger partial charge in [-0.15, -0.1) is 12.4 Å². The normalized spacial score (nSPS) is 20.8. The molecule has 0 radical (unpaired) electrons. The van der Waals surface area contributed by atoms with Gasteiger partial charge in [0.15, 0.2) is 15.9 Å². The van der Waals surface area contributed by atoms with Crippen LogP contribution in [0.2, 0.25) is 0 Å². The monoisotopic (exact) mass is 433 g/mol. The number of hydrogen-bond donors (Lipinski definition) is 1. The number of alkyl halides is 1. The molecule has 1 saturated heterocycles. The molecule has 0 aliphatic carbocycles. The van der Waals surface area contributed by atoms with Crippen LogP contribution in [-0.2, 0) is 20.4 Å². The van der Waals surface area contributed by atoms with Crippen LogP contribution in [0.3, 0.4) is 0 Å². The van der Waals surface area contributed by atoms with Crippen molar-refractivity contribution in [1.82, 2.24) is 4.90 Å². The van der Waals surface area contributed by atoms with Gasteiger partial charge in [-0.1, -0.05) is 12.1 Å². The summed E-state index contributed by atoms with van der Waals surface area (Å²) in [5.41, 5.74) is 6.53. The maximum absolute atomic E-state index is 13.8. The number of amides is 1. The smallest absolute Gasteiger partial charge is 0.242 e. The molecule has 0 spiro atoms. The summed E-state index contributed by atoms with van der Waals surface area (Å²) in [6, 6.07) is 5.65. The molecular weight excluding hydrogens is 409 g/mol. The third-order valence-corrected chi connectivity index (χ3v) is 7.64. The molecule has 0 aromatic heterocycles. The second-order valence-corrected chi connectivity index (χ2v) is 9.67. The van der Waals surface area contributed by atoms with E-state index in [1.54, 1.807) is 30.3 Å². The number of nitriles is 1. The minimum absolute atomic E-state index is 0. The fourth-order valence-corrected chi connectivity index (χ4v) is 4.44. The first-order chi connectivity index (χ1) is 12.5. The first-order valence-electron chi connectivity index (χ1n) is 8.50. The van der Waals surface area contributed by atoms with E-state index in [-0.39, 0.29) is 31.1 Å². The molecule has 2 N–H and O–H groups in total. The van der Waals surface area contributed by atoms with Crippen molar-refractivity contribution in [3.8, 4) is 11.8 Å². The Morgan fingerprint density at radius 2 is 2.00 bits per heavy atom. The number of hydrogen-bond acceptors (Lipinski definition) is 6. The number of carbonyl (C=O) groups is 1. The molecule has 28 heavy (non-hydrogen) atoms. The number of benzene rings is 1. The summed E-state index contributed by atoms with van der Waals surface area (Å²) in [5, 5.41) is 9.08. The van der Waals surface area contributed by atoms with Crippen LogP contribution in [0.25, 0.3) is 0 Å². The number of ether oxygens (including phenoxy) is 1. The summed E-state index contributed by atoms with van der Waals surface area (Å²) in [6.07, 6.45) is -1.42. The van der Waals surface area contributed by atoms with E-state index in [1.165, 1.54) is 21.0 Å². The molecule has 1 heterocycles. The van der Waals surface area contributed by atoms with E-state index in [9.17, 15) is 17.6 Å². The van der Waals surface area contributed by atoms with Crippen molar-refractivity contribution in [2.24, 2.45) is 5.73 Å². The Hall–Kier alpha value is -1.89. The van der Waals surface area contributed by atoms with Crippen LogP contribution in [0.4, 0.5) is 4.39 Å². The second-order valence-electron chi connectivity index (χ2n) is 7.10. The maximum Gasteiger partial charge on any atom is 0.242 e. The van der Waals surface area contributed by atoms with Crippen molar-refractivity contribution >= 4 is 28.2 Å². The lowest BCUT2D eigenvalue weighted by molar-refractivity contribution is -0.133. The van der Waals surface area contributed by atoms with Crippen LogP contribution in [-0.4, -0.2) is 55.9 Å². The van der Waals surface area contributed by atoms with E-state index in [4.69, 9.17) is 15.7 Å². The zero-order valence-corrected chi connectivity index (χ0v) is 17.6. The number of sulfone groups is 1. The fourth-order valence-electron chi connectivity index (χ4n) is 2.95. The van der Waals surface area contributed by atoms with Gasteiger partial charge in [-0.3, -0.25) is 4.79 Å². The van der Waals surface area contributed by atoms with Crippen molar-refractivity contribution in [3.05, 3.63) is 29.8 Å². The highest BCUT2D eigenvalue weighted by atomic mass is 35.5. The van der Waals surface area contributed by atoms with Gasteiger partial charge in [0.05, 0.1) is 23.7 Å². The molecule has 1 aromatic carbocycles. The van der Waals surface area contributed by atoms with Gasteiger partial charge in [0.1, 0.15) is 18.0 Å². The Morgan fingerprint density at radius 3 is 2.50 bits per heavy atom. The first kappa shape index (κ1) is 24.1. The first-order valence-corrected chi connectivity index (χ1v) is 10.2. The van der Waals surface area contributed by atoms with Gasteiger partial charge < -0.3 is 15.4 Å². The predicted molar refractivity (Wildman–Crippen MR) is 106 cm³/mol. The van der Waals surface area contributed by atoms with Crippen LogP contribution in [0, 0.1) is 11.3 Å². The fraction of sp³-hybridized carbons (Fsp3) is 0.556. The largest absolute Gasteiger partial charge is 0.497 e. The topological polar surface area (TPSA) is 113 Å². The van der Waals surface area contributed by atoms with Crippen LogP contribution >= 0.6 is 12.4 Å². The quantitative estimate of drug-likeness (QED) is 0.728. The average molecular weight is 434 g/mol. The molecular formula is C18H25ClFN3O4S. The zero-order valence-electron chi connectivity index (χ0n) is 16.0. The Morgan fingerprint density at radius 1 is 1.43 bits per heavy atom. The number of nitrogens with zero attached hydrogens (tertiary/aromatic N) is 2. The van der Waals surface area contributed by atoms with Gasteiger partial charge >= 0.3 is 0 Å². The van der Waals surface area contributed by atoms with Gasteiger partial charge in [-0.2, -0.15) is 5.26 Å². The van der Waals surface area contributed by atoms with E-state index >= 15 is 0 Å². The Kier molecular flexibility index (Phi) is 7.82.